The summed E-state index contributed by atoms with van der Waals surface area (Å²) in [5, 5.41) is 0. The number of nitrogen functional groups attached to an aromatic ring is 1. The first-order valence-corrected chi connectivity index (χ1v) is 12.8. The Labute approximate surface area is 215 Å². The van der Waals surface area contributed by atoms with E-state index in [4.69, 9.17) is 20.4 Å². The molecule has 6 rings (SSSR count). The minimum Gasteiger partial charge on any atom is -0.378 e. The molecule has 3 aromatic rings. The van der Waals surface area contributed by atoms with Crippen LogP contribution in [0, 0.1) is 5.82 Å². The van der Waals surface area contributed by atoms with Crippen molar-refractivity contribution in [2.75, 3.05) is 81.6 Å². The average molecular weight is 506 g/mol. The molecule has 5 heterocycles. The number of rotatable bonds is 5. The maximum absolute atomic E-state index is 15.3. The lowest BCUT2D eigenvalue weighted by molar-refractivity contribution is 0.122. The largest absolute Gasteiger partial charge is 0.378 e. The minimum absolute atomic E-state index is 0.181. The monoisotopic (exact) mass is 505 g/mol. The molecule has 3 aliphatic heterocycles. The number of aromatic nitrogens is 4. The highest BCUT2D eigenvalue weighted by molar-refractivity contribution is 5.76. The van der Waals surface area contributed by atoms with E-state index in [2.05, 4.69) is 36.6 Å². The van der Waals surface area contributed by atoms with Crippen LogP contribution in [0.2, 0.25) is 0 Å². The number of anilines is 4. The fraction of sp³-hybridized carbons (Fsp3) is 0.462. The van der Waals surface area contributed by atoms with E-state index in [1.165, 1.54) is 0 Å². The number of halogens is 1. The summed E-state index contributed by atoms with van der Waals surface area (Å²) in [7, 11) is 2.13. The number of morpholine rings is 1. The first kappa shape index (κ1) is 24.0. The van der Waals surface area contributed by atoms with E-state index in [9.17, 15) is 0 Å². The molecule has 2 saturated heterocycles. The van der Waals surface area contributed by atoms with Crippen molar-refractivity contribution in [1.82, 2.24) is 29.7 Å². The molecule has 1 aromatic carbocycles. The van der Waals surface area contributed by atoms with Crippen LogP contribution in [0.3, 0.4) is 0 Å². The van der Waals surface area contributed by atoms with Crippen molar-refractivity contribution in [3.63, 3.8) is 0 Å². The smallest absolute Gasteiger partial charge is 0.228 e. The van der Waals surface area contributed by atoms with Crippen molar-refractivity contribution < 1.29 is 9.13 Å². The highest BCUT2D eigenvalue weighted by atomic mass is 19.1. The Balaban J connectivity index is 1.33. The van der Waals surface area contributed by atoms with E-state index in [1.807, 2.05) is 12.1 Å². The summed E-state index contributed by atoms with van der Waals surface area (Å²) >= 11 is 0. The molecule has 3 aliphatic rings. The molecule has 0 atom stereocenters. The van der Waals surface area contributed by atoms with Crippen molar-refractivity contribution in [1.29, 1.82) is 0 Å². The molecule has 11 heteroatoms. The summed E-state index contributed by atoms with van der Waals surface area (Å²) in [6, 6.07) is 5.56. The van der Waals surface area contributed by atoms with Gasteiger partial charge >= 0.3 is 0 Å². The van der Waals surface area contributed by atoms with E-state index in [1.54, 1.807) is 18.5 Å². The fourth-order valence-corrected chi connectivity index (χ4v) is 5.18. The molecule has 0 unspecified atom stereocenters. The number of benzene rings is 1. The highest BCUT2D eigenvalue weighted by Crippen LogP contribution is 2.39. The molecule has 10 nitrogen and oxygen atoms in total. The zero-order chi connectivity index (χ0) is 25.4. The second-order valence-electron chi connectivity index (χ2n) is 9.86. The van der Waals surface area contributed by atoms with Crippen molar-refractivity contribution in [3.05, 3.63) is 47.5 Å². The summed E-state index contributed by atoms with van der Waals surface area (Å²) in [4.78, 5) is 27.1. The molecular formula is C26H32FN9O. The van der Waals surface area contributed by atoms with E-state index in [-0.39, 0.29) is 11.8 Å². The quantitative estimate of drug-likeness (QED) is 0.554. The number of hydrogen-bond donors (Lipinski definition) is 1. The van der Waals surface area contributed by atoms with Crippen molar-refractivity contribution in [2.45, 2.75) is 13.0 Å². The third kappa shape index (κ3) is 4.94. The summed E-state index contributed by atoms with van der Waals surface area (Å²) in [5.41, 5.74) is 9.84. The molecule has 2 N–H and O–H groups in total. The molecule has 37 heavy (non-hydrogen) atoms. The van der Waals surface area contributed by atoms with Crippen molar-refractivity contribution in [2.24, 2.45) is 0 Å². The van der Waals surface area contributed by atoms with Gasteiger partial charge in [-0.05, 0) is 25.6 Å². The van der Waals surface area contributed by atoms with Crippen LogP contribution in [0.15, 0.2) is 30.6 Å². The van der Waals surface area contributed by atoms with Gasteiger partial charge in [0.15, 0.2) is 0 Å². The molecular weight excluding hydrogens is 473 g/mol. The molecule has 0 radical (unpaired) electrons. The van der Waals surface area contributed by atoms with Gasteiger partial charge in [0.05, 0.1) is 18.9 Å². The van der Waals surface area contributed by atoms with Gasteiger partial charge in [0.25, 0.3) is 0 Å². The molecule has 0 amide bonds. The number of ether oxygens (including phenoxy) is 1. The van der Waals surface area contributed by atoms with Crippen LogP contribution in [0.4, 0.5) is 27.8 Å². The van der Waals surface area contributed by atoms with Gasteiger partial charge in [-0.15, -0.1) is 0 Å². The first-order chi connectivity index (χ1) is 18.0. The van der Waals surface area contributed by atoms with Gasteiger partial charge in [-0.2, -0.15) is 4.98 Å². The van der Waals surface area contributed by atoms with Gasteiger partial charge in [0.1, 0.15) is 11.6 Å². The van der Waals surface area contributed by atoms with Crippen LogP contribution in [0.25, 0.3) is 11.3 Å². The van der Waals surface area contributed by atoms with Crippen LogP contribution in [-0.4, -0.2) is 95.8 Å². The van der Waals surface area contributed by atoms with Gasteiger partial charge in [-0.3, -0.25) is 4.90 Å². The Morgan fingerprint density at radius 3 is 2.46 bits per heavy atom. The maximum Gasteiger partial charge on any atom is 0.228 e. The van der Waals surface area contributed by atoms with E-state index < -0.39 is 0 Å². The number of nitrogens with zero attached hydrogens (tertiary/aromatic N) is 8. The van der Waals surface area contributed by atoms with Crippen LogP contribution in [-0.2, 0) is 17.7 Å². The van der Waals surface area contributed by atoms with Gasteiger partial charge < -0.3 is 25.2 Å². The number of piperazine rings is 1. The molecule has 2 aromatic heterocycles. The SMILES string of the molecule is CN1CCN(Cc2ccc(N3CCc4c(-c5cnc(N)nc5)nc(N5CCOCC5)nc43)cc2F)CC1. The Morgan fingerprint density at radius 1 is 0.973 bits per heavy atom. The van der Waals surface area contributed by atoms with Crippen LogP contribution in [0.5, 0.6) is 0 Å². The topological polar surface area (TPSA) is 99.8 Å². The van der Waals surface area contributed by atoms with Crippen molar-refractivity contribution >= 4 is 23.4 Å². The summed E-state index contributed by atoms with van der Waals surface area (Å²) in [6.07, 6.45) is 4.14. The second-order valence-corrected chi connectivity index (χ2v) is 9.86. The zero-order valence-corrected chi connectivity index (χ0v) is 21.1. The molecule has 0 aliphatic carbocycles. The number of fused-ring (bicyclic) bond motifs is 1. The lowest BCUT2D eigenvalue weighted by atomic mass is 10.1. The predicted molar refractivity (Wildman–Crippen MR) is 140 cm³/mol. The van der Waals surface area contributed by atoms with Gasteiger partial charge in [0.2, 0.25) is 11.9 Å². The Bertz CT molecular complexity index is 1260. The predicted octanol–water partition coefficient (Wildman–Crippen LogP) is 1.93. The number of hydrogen-bond acceptors (Lipinski definition) is 10. The van der Waals surface area contributed by atoms with Gasteiger partial charge in [-0.25, -0.2) is 19.3 Å². The van der Waals surface area contributed by atoms with E-state index in [0.717, 1.165) is 66.5 Å². The van der Waals surface area contributed by atoms with Crippen LogP contribution < -0.4 is 15.5 Å². The summed E-state index contributed by atoms with van der Waals surface area (Å²) in [5.74, 6) is 1.47. The van der Waals surface area contributed by atoms with Gasteiger partial charge in [0, 0.05) is 87.1 Å². The molecule has 0 spiro atoms. The maximum atomic E-state index is 15.3. The minimum atomic E-state index is -0.181. The van der Waals surface area contributed by atoms with Crippen molar-refractivity contribution in [3.8, 4) is 11.3 Å². The van der Waals surface area contributed by atoms with Crippen LogP contribution in [0.1, 0.15) is 11.1 Å². The van der Waals surface area contributed by atoms with E-state index >= 15 is 4.39 Å². The Kier molecular flexibility index (Phi) is 6.58. The third-order valence-corrected chi connectivity index (χ3v) is 7.39. The third-order valence-electron chi connectivity index (χ3n) is 7.39. The molecule has 0 bridgehead atoms. The first-order valence-electron chi connectivity index (χ1n) is 12.8. The Hall–Kier alpha value is -3.41. The molecule has 194 valence electrons. The molecule has 2 fully saturated rings. The standard InChI is InChI=1S/C26H32FN9O/c1-33-6-8-34(9-7-33)17-18-2-3-20(14-22(18)27)36-5-4-21-23(19-15-29-25(28)30-16-19)31-26(32-24(21)36)35-10-12-37-13-11-35/h2-3,14-16H,4-13,17H2,1H3,(H2,28,29,30). The van der Waals surface area contributed by atoms with Crippen LogP contribution >= 0.6 is 0 Å². The lowest BCUT2D eigenvalue weighted by Gasteiger charge is -2.32. The normalized spacial score (nSPS) is 18.9. The highest BCUT2D eigenvalue weighted by Gasteiger charge is 2.30. The molecule has 0 saturated carbocycles. The lowest BCUT2D eigenvalue weighted by Crippen LogP contribution is -2.44. The second kappa shape index (κ2) is 10.2. The number of nitrogens with two attached hydrogens (primary N) is 1. The number of likely N-dealkylation sites (N-methyl/N-ethyl adjacent to an activating group) is 1. The summed E-state index contributed by atoms with van der Waals surface area (Å²) in [6.45, 7) is 7.94. The van der Waals surface area contributed by atoms with Gasteiger partial charge in [-0.1, -0.05) is 6.07 Å². The average Bonchev–Trinajstić information content (AvgIpc) is 3.36. The zero-order valence-electron chi connectivity index (χ0n) is 21.1. The summed E-state index contributed by atoms with van der Waals surface area (Å²) < 4.78 is 20.8. The van der Waals surface area contributed by atoms with E-state index in [0.29, 0.717) is 45.3 Å². The Morgan fingerprint density at radius 2 is 1.73 bits per heavy atom. The fourth-order valence-electron chi connectivity index (χ4n) is 5.18.